The molecule has 1 saturated heterocycles. The molecule has 2 rings (SSSR count). The van der Waals surface area contributed by atoms with Gasteiger partial charge >= 0.3 is 0 Å². The van der Waals surface area contributed by atoms with Crippen LogP contribution in [0.4, 0.5) is 0 Å². The van der Waals surface area contributed by atoms with E-state index in [2.05, 4.69) is 10.6 Å². The molecular weight excluding hydrogens is 324 g/mol. The highest BCUT2D eigenvalue weighted by Crippen LogP contribution is 2.27. The zero-order chi connectivity index (χ0) is 18.1. The molecule has 0 aromatic heterocycles. The van der Waals surface area contributed by atoms with Crippen LogP contribution in [-0.4, -0.2) is 51.8 Å². The number of aryl methyl sites for hydroxylation is 1. The number of methoxy groups -OCH3 is 2. The minimum atomic E-state index is -0.333. The Bertz CT molecular complexity index is 585. The van der Waals surface area contributed by atoms with E-state index in [1.54, 1.807) is 14.2 Å². The fraction of sp³-hybridized carbons (Fsp3) is 0.556. The summed E-state index contributed by atoms with van der Waals surface area (Å²) in [5, 5.41) is 5.57. The minimum absolute atomic E-state index is 0.0545. The van der Waals surface area contributed by atoms with Crippen LogP contribution < -0.4 is 20.1 Å². The Morgan fingerprint density at radius 2 is 1.92 bits per heavy atom. The molecule has 0 radical (unpaired) electrons. The molecule has 1 aromatic carbocycles. The number of amides is 2. The van der Waals surface area contributed by atoms with Crippen molar-refractivity contribution >= 4 is 11.8 Å². The summed E-state index contributed by atoms with van der Waals surface area (Å²) in [6, 6.07) is 5.61. The monoisotopic (exact) mass is 350 g/mol. The van der Waals surface area contributed by atoms with Gasteiger partial charge in [0.05, 0.1) is 14.2 Å². The first-order valence-electron chi connectivity index (χ1n) is 8.51. The Kier molecular flexibility index (Phi) is 7.53. The van der Waals surface area contributed by atoms with Crippen LogP contribution in [0.25, 0.3) is 0 Å². The summed E-state index contributed by atoms with van der Waals surface area (Å²) in [4.78, 5) is 23.6. The fourth-order valence-electron chi connectivity index (χ4n) is 2.67. The Balaban J connectivity index is 1.64. The number of ether oxygens (including phenoxy) is 3. The first kappa shape index (κ1) is 19.1. The number of carbonyl (C=O) groups is 2. The molecule has 2 amide bonds. The predicted octanol–water partition coefficient (Wildman–Crippen LogP) is 1.05. The minimum Gasteiger partial charge on any atom is -0.493 e. The number of benzene rings is 1. The second-order valence-corrected chi connectivity index (χ2v) is 5.83. The second kappa shape index (κ2) is 9.88. The number of carbonyl (C=O) groups excluding carboxylic acids is 2. The first-order chi connectivity index (χ1) is 12.1. The molecule has 25 heavy (non-hydrogen) atoms. The third-order valence-corrected chi connectivity index (χ3v) is 4.06. The molecule has 0 aliphatic carbocycles. The van der Waals surface area contributed by atoms with Gasteiger partial charge in [-0.05, 0) is 37.0 Å². The van der Waals surface area contributed by atoms with Crippen LogP contribution in [0.15, 0.2) is 18.2 Å². The van der Waals surface area contributed by atoms with Crippen LogP contribution in [0.3, 0.4) is 0 Å². The summed E-state index contributed by atoms with van der Waals surface area (Å²) in [5.41, 5.74) is 1.000. The van der Waals surface area contributed by atoms with E-state index in [-0.39, 0.29) is 17.9 Å². The fourth-order valence-corrected chi connectivity index (χ4v) is 2.67. The van der Waals surface area contributed by atoms with Gasteiger partial charge in [0.1, 0.15) is 6.10 Å². The van der Waals surface area contributed by atoms with Crippen LogP contribution in [0.5, 0.6) is 11.5 Å². The van der Waals surface area contributed by atoms with Crippen LogP contribution in [0.2, 0.25) is 0 Å². The number of hydrogen-bond donors (Lipinski definition) is 2. The van der Waals surface area contributed by atoms with Crippen molar-refractivity contribution in [3.8, 4) is 11.5 Å². The third-order valence-electron chi connectivity index (χ3n) is 4.06. The highest BCUT2D eigenvalue weighted by atomic mass is 16.5. The van der Waals surface area contributed by atoms with E-state index >= 15 is 0 Å². The van der Waals surface area contributed by atoms with E-state index in [1.165, 1.54) is 0 Å². The zero-order valence-electron chi connectivity index (χ0n) is 14.8. The predicted molar refractivity (Wildman–Crippen MR) is 92.9 cm³/mol. The lowest BCUT2D eigenvalue weighted by Crippen LogP contribution is -2.39. The summed E-state index contributed by atoms with van der Waals surface area (Å²) in [6.07, 6.45) is 2.33. The standard InChI is InChI=1S/C18H26N2O5/c1-23-14-7-5-13(12-16(14)24-2)6-8-17(21)19-9-10-20-18(22)15-4-3-11-25-15/h5,7,12,15H,3-4,6,8-11H2,1-2H3,(H,19,21)(H,20,22). The zero-order valence-corrected chi connectivity index (χ0v) is 14.8. The van der Waals surface area contributed by atoms with Gasteiger partial charge in [0.15, 0.2) is 11.5 Å². The first-order valence-corrected chi connectivity index (χ1v) is 8.51. The molecule has 7 heteroatoms. The van der Waals surface area contributed by atoms with Crippen molar-refractivity contribution in [1.29, 1.82) is 0 Å². The van der Waals surface area contributed by atoms with Gasteiger partial charge in [-0.1, -0.05) is 6.07 Å². The van der Waals surface area contributed by atoms with Crippen molar-refractivity contribution in [3.05, 3.63) is 23.8 Å². The highest BCUT2D eigenvalue weighted by molar-refractivity contribution is 5.81. The molecule has 0 spiro atoms. The largest absolute Gasteiger partial charge is 0.493 e. The van der Waals surface area contributed by atoms with Gasteiger partial charge in [-0.15, -0.1) is 0 Å². The van der Waals surface area contributed by atoms with Gasteiger partial charge in [0.2, 0.25) is 11.8 Å². The van der Waals surface area contributed by atoms with E-state index in [0.717, 1.165) is 18.4 Å². The van der Waals surface area contributed by atoms with Gasteiger partial charge in [-0.25, -0.2) is 0 Å². The van der Waals surface area contributed by atoms with Crippen LogP contribution in [0.1, 0.15) is 24.8 Å². The average Bonchev–Trinajstić information content (AvgIpc) is 3.17. The maximum Gasteiger partial charge on any atom is 0.249 e. The Labute approximate surface area is 148 Å². The van der Waals surface area contributed by atoms with Gasteiger partial charge in [0, 0.05) is 26.1 Å². The Morgan fingerprint density at radius 1 is 1.16 bits per heavy atom. The van der Waals surface area contributed by atoms with E-state index in [9.17, 15) is 9.59 Å². The molecule has 1 aromatic rings. The van der Waals surface area contributed by atoms with Crippen LogP contribution in [0, 0.1) is 0 Å². The molecule has 1 heterocycles. The van der Waals surface area contributed by atoms with Gasteiger partial charge in [-0.3, -0.25) is 9.59 Å². The highest BCUT2D eigenvalue weighted by Gasteiger charge is 2.22. The van der Waals surface area contributed by atoms with Crippen LogP contribution in [-0.2, 0) is 20.7 Å². The molecule has 0 saturated carbocycles. The molecule has 0 bridgehead atoms. The number of hydrogen-bond acceptors (Lipinski definition) is 5. The van der Waals surface area contributed by atoms with Crippen LogP contribution >= 0.6 is 0 Å². The summed E-state index contributed by atoms with van der Waals surface area (Å²) < 4.78 is 15.7. The molecule has 138 valence electrons. The van der Waals surface area contributed by atoms with Gasteiger partial charge in [-0.2, -0.15) is 0 Å². The summed E-state index contributed by atoms with van der Waals surface area (Å²) in [7, 11) is 3.17. The Hall–Kier alpha value is -2.28. The van der Waals surface area contributed by atoms with E-state index in [0.29, 0.717) is 44.0 Å². The van der Waals surface area contributed by atoms with Crippen molar-refractivity contribution in [3.63, 3.8) is 0 Å². The molecule has 1 aliphatic rings. The van der Waals surface area contributed by atoms with Crippen molar-refractivity contribution < 1.29 is 23.8 Å². The lowest BCUT2D eigenvalue weighted by molar-refractivity contribution is -0.130. The third kappa shape index (κ3) is 5.94. The smallest absolute Gasteiger partial charge is 0.249 e. The SMILES string of the molecule is COc1ccc(CCC(=O)NCCNC(=O)C2CCCO2)cc1OC. The summed E-state index contributed by atoms with van der Waals surface area (Å²) >= 11 is 0. The lowest BCUT2D eigenvalue weighted by atomic mass is 10.1. The van der Waals surface area contributed by atoms with E-state index in [4.69, 9.17) is 14.2 Å². The normalized spacial score (nSPS) is 16.3. The molecule has 7 nitrogen and oxygen atoms in total. The summed E-state index contributed by atoms with van der Waals surface area (Å²) in [5.74, 6) is 1.16. The topological polar surface area (TPSA) is 85.9 Å². The van der Waals surface area contributed by atoms with Crippen molar-refractivity contribution in [2.75, 3.05) is 33.9 Å². The molecule has 1 aliphatic heterocycles. The summed E-state index contributed by atoms with van der Waals surface area (Å²) in [6.45, 7) is 1.45. The van der Waals surface area contributed by atoms with Gasteiger partial charge in [0.25, 0.3) is 0 Å². The quantitative estimate of drug-likeness (QED) is 0.650. The second-order valence-electron chi connectivity index (χ2n) is 5.83. The average molecular weight is 350 g/mol. The van der Waals surface area contributed by atoms with Gasteiger partial charge < -0.3 is 24.8 Å². The lowest BCUT2D eigenvalue weighted by Gasteiger charge is -2.11. The van der Waals surface area contributed by atoms with Crippen molar-refractivity contribution in [2.24, 2.45) is 0 Å². The number of nitrogens with one attached hydrogen (secondary N) is 2. The molecule has 1 fully saturated rings. The maximum atomic E-state index is 11.9. The molecule has 1 atom stereocenters. The number of rotatable bonds is 9. The maximum absolute atomic E-state index is 11.9. The van der Waals surface area contributed by atoms with E-state index in [1.807, 2.05) is 18.2 Å². The van der Waals surface area contributed by atoms with Crippen molar-refractivity contribution in [1.82, 2.24) is 10.6 Å². The van der Waals surface area contributed by atoms with E-state index < -0.39 is 0 Å². The molecular formula is C18H26N2O5. The molecule has 1 unspecified atom stereocenters. The molecule has 2 N–H and O–H groups in total. The van der Waals surface area contributed by atoms with Crippen molar-refractivity contribution in [2.45, 2.75) is 31.8 Å². The Morgan fingerprint density at radius 3 is 2.60 bits per heavy atom.